The molecule has 0 saturated carbocycles. The molecule has 14 heteroatoms. The van der Waals surface area contributed by atoms with E-state index in [9.17, 15) is 28.2 Å². The summed E-state index contributed by atoms with van der Waals surface area (Å²) in [6, 6.07) is 13.1. The highest BCUT2D eigenvalue weighted by Gasteiger charge is 2.34. The molecule has 0 aliphatic heterocycles. The molecule has 0 radical (unpaired) electrons. The molecule has 5 N–H and O–H groups in total. The molecule has 0 fully saturated rings. The third-order valence-corrected chi connectivity index (χ3v) is 10.9. The number of aliphatic hydroxyl groups excluding tert-OH is 1. The van der Waals surface area contributed by atoms with Crippen LogP contribution in [0, 0.1) is 11.8 Å². The lowest BCUT2D eigenvalue weighted by atomic mass is 9.98. The van der Waals surface area contributed by atoms with Gasteiger partial charge in [-0.25, -0.2) is 18.2 Å². The zero-order chi connectivity index (χ0) is 35.2. The molecule has 4 aromatic rings. The molecule has 2 aromatic carbocycles. The second-order valence-corrected chi connectivity index (χ2v) is 15.6. The number of nitrogens with one attached hydrogen (secondary N) is 1. The van der Waals surface area contributed by atoms with E-state index in [1.807, 2.05) is 56.5 Å². The maximum atomic E-state index is 14.1. The third kappa shape index (κ3) is 8.92. The molecule has 3 atom stereocenters. The van der Waals surface area contributed by atoms with Crippen LogP contribution in [0.25, 0.3) is 0 Å². The molecule has 0 aliphatic carbocycles. The van der Waals surface area contributed by atoms with Gasteiger partial charge in [-0.3, -0.25) is 13.9 Å². The number of aliphatic hydroxyl groups is 1. The van der Waals surface area contributed by atoms with Gasteiger partial charge < -0.3 is 21.3 Å². The number of nitrogen functional groups attached to an aromatic ring is 1. The van der Waals surface area contributed by atoms with Crippen molar-refractivity contribution in [3.63, 3.8) is 0 Å². The average Bonchev–Trinajstić information content (AvgIpc) is 3.60. The van der Waals surface area contributed by atoms with E-state index in [0.29, 0.717) is 11.4 Å². The molecular weight excluding hydrogens is 653 g/mol. The summed E-state index contributed by atoms with van der Waals surface area (Å²) in [4.78, 5) is 32.2. The summed E-state index contributed by atoms with van der Waals surface area (Å²) in [6.45, 7) is 9.19. The highest BCUT2D eigenvalue weighted by Crippen LogP contribution is 2.23. The first-order valence-electron chi connectivity index (χ1n) is 16.0. The maximum Gasteiger partial charge on any atom is 0.332 e. The quantitative estimate of drug-likeness (QED) is 0.128. The van der Waals surface area contributed by atoms with Gasteiger partial charge in [0, 0.05) is 24.2 Å². The van der Waals surface area contributed by atoms with Gasteiger partial charge in [0.15, 0.2) is 0 Å². The van der Waals surface area contributed by atoms with Crippen LogP contribution in [0.4, 0.5) is 5.69 Å². The van der Waals surface area contributed by atoms with E-state index in [0.717, 1.165) is 17.0 Å². The Morgan fingerprint density at radius 1 is 1.06 bits per heavy atom. The fraction of sp³-hybridized carbons (Fsp3) is 0.441. The molecule has 0 bridgehead atoms. The Labute approximate surface area is 285 Å². The van der Waals surface area contributed by atoms with Crippen molar-refractivity contribution in [2.75, 3.05) is 18.8 Å². The zero-order valence-electron chi connectivity index (χ0n) is 28.0. The van der Waals surface area contributed by atoms with Gasteiger partial charge in [0.1, 0.15) is 6.04 Å². The lowest BCUT2D eigenvalue weighted by Gasteiger charge is -2.32. The van der Waals surface area contributed by atoms with Crippen molar-refractivity contribution in [3.05, 3.63) is 92.9 Å². The molecule has 0 spiro atoms. The number of aromatic nitrogens is 3. The van der Waals surface area contributed by atoms with E-state index in [1.165, 1.54) is 55.2 Å². The number of anilines is 1. The Hall–Kier alpha value is -3.98. The summed E-state index contributed by atoms with van der Waals surface area (Å²) in [5.41, 5.74) is 7.07. The molecular formula is C34H46N6O6S2. The molecule has 12 nitrogen and oxygen atoms in total. The topological polar surface area (TPSA) is 173 Å². The van der Waals surface area contributed by atoms with Crippen LogP contribution in [-0.4, -0.2) is 68.2 Å². The van der Waals surface area contributed by atoms with E-state index >= 15 is 0 Å². The third-order valence-electron chi connectivity index (χ3n) is 7.97. The summed E-state index contributed by atoms with van der Waals surface area (Å²) < 4.78 is 31.1. The zero-order valence-corrected chi connectivity index (χ0v) is 29.6. The van der Waals surface area contributed by atoms with Gasteiger partial charge in [0.25, 0.3) is 0 Å². The number of rotatable bonds is 16. The molecule has 0 unspecified atom stereocenters. The highest BCUT2D eigenvalue weighted by atomic mass is 32.2. The number of amides is 1. The molecule has 0 saturated heterocycles. The van der Waals surface area contributed by atoms with Crippen molar-refractivity contribution in [3.8, 4) is 5.88 Å². The number of carbonyl (C=O) groups is 1. The number of imidazole rings is 1. The molecule has 1 amide bonds. The van der Waals surface area contributed by atoms with Crippen LogP contribution in [0.1, 0.15) is 56.9 Å². The van der Waals surface area contributed by atoms with Gasteiger partial charge in [-0.15, -0.1) is 11.3 Å². The largest absolute Gasteiger partial charge is 0.493 e. The average molecular weight is 699 g/mol. The first kappa shape index (κ1) is 36.8. The number of nitrogens with zero attached hydrogens (tertiary/aromatic N) is 4. The van der Waals surface area contributed by atoms with Gasteiger partial charge in [0.05, 0.1) is 40.5 Å². The van der Waals surface area contributed by atoms with E-state index < -0.39 is 39.8 Å². The number of nitrogens with two attached hydrogens (primary N) is 1. The number of aromatic hydroxyl groups is 1. The highest BCUT2D eigenvalue weighted by molar-refractivity contribution is 7.89. The van der Waals surface area contributed by atoms with Crippen molar-refractivity contribution in [1.29, 1.82) is 0 Å². The summed E-state index contributed by atoms with van der Waals surface area (Å²) >= 11 is 1.47. The van der Waals surface area contributed by atoms with Crippen LogP contribution in [0.15, 0.2) is 75.9 Å². The number of hydrogen-bond donors (Lipinski definition) is 4. The molecule has 48 heavy (non-hydrogen) atoms. The van der Waals surface area contributed by atoms with Gasteiger partial charge in [-0.05, 0) is 54.5 Å². The van der Waals surface area contributed by atoms with Crippen LogP contribution < -0.4 is 16.7 Å². The first-order chi connectivity index (χ1) is 22.7. The van der Waals surface area contributed by atoms with Crippen LogP contribution in [0.3, 0.4) is 0 Å². The van der Waals surface area contributed by atoms with Gasteiger partial charge in [-0.2, -0.15) is 4.31 Å². The summed E-state index contributed by atoms with van der Waals surface area (Å²) in [5.74, 6) is -1.30. The number of sulfonamides is 1. The summed E-state index contributed by atoms with van der Waals surface area (Å²) in [6.07, 6.45) is 0.865. The Morgan fingerprint density at radius 3 is 2.31 bits per heavy atom. The second-order valence-electron chi connectivity index (χ2n) is 12.7. The minimum Gasteiger partial charge on any atom is -0.493 e. The predicted octanol–water partition coefficient (Wildman–Crippen LogP) is 3.64. The lowest BCUT2D eigenvalue weighted by Crippen LogP contribution is -2.53. The smallest absolute Gasteiger partial charge is 0.332 e. The summed E-state index contributed by atoms with van der Waals surface area (Å²) in [7, 11) is -4.02. The molecule has 0 aliphatic rings. The number of aryl methyl sites for hydroxylation is 1. The lowest BCUT2D eigenvalue weighted by molar-refractivity contribution is -0.127. The molecule has 4 rings (SSSR count). The molecule has 2 aromatic heterocycles. The first-order valence-corrected chi connectivity index (χ1v) is 18.3. The van der Waals surface area contributed by atoms with Gasteiger partial charge in [-0.1, -0.05) is 65.0 Å². The van der Waals surface area contributed by atoms with Crippen molar-refractivity contribution >= 4 is 33.0 Å². The second kappa shape index (κ2) is 15.9. The van der Waals surface area contributed by atoms with Crippen molar-refractivity contribution in [2.45, 2.75) is 77.1 Å². The fourth-order valence-corrected chi connectivity index (χ4v) is 7.91. The van der Waals surface area contributed by atoms with Crippen molar-refractivity contribution in [2.24, 2.45) is 11.8 Å². The minimum atomic E-state index is -4.02. The summed E-state index contributed by atoms with van der Waals surface area (Å²) in [5, 5.41) is 28.1. The number of hydrogen-bond acceptors (Lipinski definition) is 9. The van der Waals surface area contributed by atoms with Crippen molar-refractivity contribution < 1.29 is 23.4 Å². The van der Waals surface area contributed by atoms with Crippen LogP contribution in [-0.2, 0) is 34.2 Å². The Kier molecular flexibility index (Phi) is 12.2. The van der Waals surface area contributed by atoms with Crippen LogP contribution in [0.5, 0.6) is 5.88 Å². The van der Waals surface area contributed by atoms with Crippen LogP contribution in [0.2, 0.25) is 0 Å². The minimum absolute atomic E-state index is 0.0420. The van der Waals surface area contributed by atoms with E-state index in [-0.39, 0.29) is 48.7 Å². The van der Waals surface area contributed by atoms with Gasteiger partial charge >= 0.3 is 5.69 Å². The molecule has 2 heterocycles. The molecule has 260 valence electrons. The number of thiazole rings is 1. The standard InChI is InChI=1S/C34H46N6O6S2/c1-6-30-36-26(21-47-30)18-39-31(42)20-40(34(39)44)32(23(4)5)33(43)37-28(16-24-10-8-7-9-11-24)29(41)19-38(17-22(2)3)48(45,46)27-14-12-25(35)13-15-27/h7-15,20-23,28-29,32,41-42H,6,16-19,35H2,1-5H3,(H,37,43)/t28-,29+,32-/m0/s1. The SMILES string of the molecule is CCc1nc(Cn2c(O)cn([C@H](C(=O)N[C@@H](Cc3ccccc3)[C@H](O)CN(CC(C)C)S(=O)(=O)c3ccc(N)cc3)C(C)C)c2=O)cs1. The maximum absolute atomic E-state index is 14.1. The monoisotopic (exact) mass is 698 g/mol. The number of carbonyl (C=O) groups excluding carboxylic acids is 1. The Morgan fingerprint density at radius 2 is 1.73 bits per heavy atom. The van der Waals surface area contributed by atoms with Gasteiger partial charge in [0.2, 0.25) is 21.8 Å². The fourth-order valence-electron chi connectivity index (χ4n) is 5.55. The Balaban J connectivity index is 1.64. The van der Waals surface area contributed by atoms with Crippen LogP contribution >= 0.6 is 11.3 Å². The predicted molar refractivity (Wildman–Crippen MR) is 187 cm³/mol. The van der Waals surface area contributed by atoms with E-state index in [1.54, 1.807) is 13.8 Å². The van der Waals surface area contributed by atoms with Crippen molar-refractivity contribution in [1.82, 2.24) is 23.7 Å². The Bertz CT molecular complexity index is 1820. The van der Waals surface area contributed by atoms with E-state index in [4.69, 9.17) is 5.73 Å². The number of benzene rings is 2. The van der Waals surface area contributed by atoms with E-state index in [2.05, 4.69) is 10.3 Å². The normalized spacial score (nSPS) is 14.0.